The van der Waals surface area contributed by atoms with Gasteiger partial charge in [-0.05, 0) is 13.8 Å². The third-order valence-electron chi connectivity index (χ3n) is 2.03. The summed E-state index contributed by atoms with van der Waals surface area (Å²) in [5.74, 6) is 2.82. The third kappa shape index (κ3) is 4.69. The van der Waals surface area contributed by atoms with E-state index in [-0.39, 0.29) is 5.41 Å². The number of nitrogens with two attached hydrogens (primary N) is 1. The summed E-state index contributed by atoms with van der Waals surface area (Å²) < 4.78 is 17.3. The molecule has 0 spiro atoms. The molecule has 0 amide bonds. The van der Waals surface area contributed by atoms with Crippen LogP contribution in [0.1, 0.15) is 27.7 Å². The van der Waals surface area contributed by atoms with Crippen molar-refractivity contribution in [2.24, 2.45) is 11.1 Å². The molecule has 0 atom stereocenters. The molecule has 0 aliphatic rings. The van der Waals surface area contributed by atoms with Crippen LogP contribution < -0.4 is 5.73 Å². The zero-order chi connectivity index (χ0) is 11.2. The van der Waals surface area contributed by atoms with Crippen LogP contribution in [0.2, 0.25) is 0 Å². The molecular formula is C10H20NO2P. The van der Waals surface area contributed by atoms with Crippen molar-refractivity contribution in [2.75, 3.05) is 18.9 Å². The lowest BCUT2D eigenvalue weighted by Gasteiger charge is -2.22. The molecule has 14 heavy (non-hydrogen) atoms. The van der Waals surface area contributed by atoms with E-state index in [1.165, 1.54) is 0 Å². The Morgan fingerprint density at radius 2 is 1.86 bits per heavy atom. The van der Waals surface area contributed by atoms with Gasteiger partial charge in [0.25, 0.3) is 0 Å². The summed E-state index contributed by atoms with van der Waals surface area (Å²) in [5.41, 5.74) is 4.81. The Kier molecular flexibility index (Phi) is 5.26. The molecule has 0 saturated heterocycles. The first-order valence-corrected chi connectivity index (χ1v) is 6.84. The van der Waals surface area contributed by atoms with Gasteiger partial charge in [0.2, 0.25) is 7.37 Å². The van der Waals surface area contributed by atoms with Crippen molar-refractivity contribution in [3.8, 4) is 12.0 Å². The van der Waals surface area contributed by atoms with Gasteiger partial charge in [-0.3, -0.25) is 4.57 Å². The van der Waals surface area contributed by atoms with Crippen molar-refractivity contribution in [1.29, 1.82) is 0 Å². The predicted molar refractivity (Wildman–Crippen MR) is 60.4 cm³/mol. The highest BCUT2D eigenvalue weighted by Gasteiger charge is 2.23. The van der Waals surface area contributed by atoms with Crippen molar-refractivity contribution >= 4 is 7.37 Å². The van der Waals surface area contributed by atoms with Gasteiger partial charge in [-0.25, -0.2) is 0 Å². The SMILES string of the molecule is CCP(=O)(CC)OCC(C)(C)C#CN. The van der Waals surface area contributed by atoms with Crippen molar-refractivity contribution in [3.05, 3.63) is 0 Å². The van der Waals surface area contributed by atoms with Crippen molar-refractivity contribution in [1.82, 2.24) is 0 Å². The molecule has 0 aliphatic carbocycles. The fourth-order valence-corrected chi connectivity index (χ4v) is 2.29. The molecule has 0 saturated carbocycles. The largest absolute Gasteiger partial charge is 0.359 e. The Hall–Kier alpha value is -0.450. The smallest absolute Gasteiger partial charge is 0.202 e. The Labute approximate surface area is 86.9 Å². The van der Waals surface area contributed by atoms with Gasteiger partial charge in [0.05, 0.1) is 12.0 Å². The van der Waals surface area contributed by atoms with Crippen molar-refractivity contribution < 1.29 is 9.09 Å². The molecule has 0 aromatic heterocycles. The van der Waals surface area contributed by atoms with Crippen LogP contribution in [-0.4, -0.2) is 18.9 Å². The Balaban J connectivity index is 4.28. The minimum atomic E-state index is -2.41. The van der Waals surface area contributed by atoms with E-state index < -0.39 is 7.37 Å². The highest BCUT2D eigenvalue weighted by atomic mass is 31.2. The normalized spacial score (nSPS) is 12.0. The topological polar surface area (TPSA) is 52.3 Å². The zero-order valence-corrected chi connectivity index (χ0v) is 10.4. The van der Waals surface area contributed by atoms with Gasteiger partial charge in [0, 0.05) is 18.4 Å². The van der Waals surface area contributed by atoms with Crippen LogP contribution in [0.15, 0.2) is 0 Å². The number of hydrogen-bond acceptors (Lipinski definition) is 3. The van der Waals surface area contributed by atoms with Crippen LogP contribution in [-0.2, 0) is 9.09 Å². The monoisotopic (exact) mass is 217 g/mol. The lowest BCUT2D eigenvalue weighted by molar-refractivity contribution is 0.231. The average molecular weight is 217 g/mol. The maximum Gasteiger partial charge on any atom is 0.202 e. The van der Waals surface area contributed by atoms with E-state index in [0.29, 0.717) is 18.9 Å². The molecule has 0 fully saturated rings. The second-order valence-electron chi connectivity index (χ2n) is 3.87. The molecule has 0 aliphatic heterocycles. The molecule has 2 N–H and O–H groups in total. The molecule has 0 radical (unpaired) electrons. The predicted octanol–water partition coefficient (Wildman–Crippen LogP) is 2.27. The van der Waals surface area contributed by atoms with Crippen LogP contribution in [0.25, 0.3) is 0 Å². The summed E-state index contributed by atoms with van der Waals surface area (Å²) in [5, 5.41) is 0. The van der Waals surface area contributed by atoms with Crippen molar-refractivity contribution in [2.45, 2.75) is 27.7 Å². The van der Waals surface area contributed by atoms with Gasteiger partial charge in [-0.2, -0.15) is 0 Å². The minimum absolute atomic E-state index is 0.325. The summed E-state index contributed by atoms with van der Waals surface area (Å²) in [4.78, 5) is 0. The van der Waals surface area contributed by atoms with Crippen LogP contribution in [0.3, 0.4) is 0 Å². The maximum atomic E-state index is 11.9. The summed E-state index contributed by atoms with van der Waals surface area (Å²) in [6.45, 7) is 7.97. The van der Waals surface area contributed by atoms with Gasteiger partial charge < -0.3 is 10.3 Å². The van der Waals surface area contributed by atoms with E-state index in [0.717, 1.165) is 0 Å². The fraction of sp³-hybridized carbons (Fsp3) is 0.800. The van der Waals surface area contributed by atoms with E-state index in [4.69, 9.17) is 10.3 Å². The van der Waals surface area contributed by atoms with E-state index >= 15 is 0 Å². The van der Waals surface area contributed by atoms with Gasteiger partial charge in [0.15, 0.2) is 0 Å². The molecule has 4 heteroatoms. The van der Waals surface area contributed by atoms with Crippen LogP contribution in [0.5, 0.6) is 0 Å². The van der Waals surface area contributed by atoms with E-state index in [2.05, 4.69) is 12.0 Å². The molecular weight excluding hydrogens is 197 g/mol. The first kappa shape index (κ1) is 13.5. The first-order valence-electron chi connectivity index (χ1n) is 4.84. The molecule has 0 bridgehead atoms. The van der Waals surface area contributed by atoms with Gasteiger partial charge in [0.1, 0.15) is 0 Å². The Bertz CT molecular complexity index is 268. The maximum absolute atomic E-state index is 11.9. The summed E-state index contributed by atoms with van der Waals surface area (Å²) in [7, 11) is -2.41. The lowest BCUT2D eigenvalue weighted by atomic mass is 9.97. The number of hydrogen-bond donors (Lipinski definition) is 1. The quantitative estimate of drug-likeness (QED) is 0.436. The molecule has 0 heterocycles. The second kappa shape index (κ2) is 5.44. The molecule has 0 aromatic rings. The van der Waals surface area contributed by atoms with Crippen LogP contribution >= 0.6 is 7.37 Å². The molecule has 82 valence electrons. The van der Waals surface area contributed by atoms with Crippen LogP contribution in [0.4, 0.5) is 0 Å². The summed E-state index contributed by atoms with van der Waals surface area (Å²) >= 11 is 0. The highest BCUT2D eigenvalue weighted by molar-refractivity contribution is 7.58. The second-order valence-corrected chi connectivity index (χ2v) is 7.03. The van der Waals surface area contributed by atoms with Gasteiger partial charge in [-0.15, -0.1) is 0 Å². The van der Waals surface area contributed by atoms with Crippen molar-refractivity contribution in [3.63, 3.8) is 0 Å². The first-order chi connectivity index (χ1) is 6.39. The van der Waals surface area contributed by atoms with Gasteiger partial charge in [-0.1, -0.05) is 19.8 Å². The molecule has 3 nitrogen and oxygen atoms in total. The Morgan fingerprint density at radius 1 is 1.36 bits per heavy atom. The van der Waals surface area contributed by atoms with E-state index in [9.17, 15) is 4.57 Å². The van der Waals surface area contributed by atoms with E-state index in [1.807, 2.05) is 27.7 Å². The summed E-state index contributed by atoms with van der Waals surface area (Å²) in [6, 6.07) is 2.36. The Morgan fingerprint density at radius 3 is 2.21 bits per heavy atom. The average Bonchev–Trinajstić information content (AvgIpc) is 2.14. The van der Waals surface area contributed by atoms with E-state index in [1.54, 1.807) is 0 Å². The standard InChI is InChI=1S/C10H20NO2P/c1-5-14(12,6-2)13-9-10(3,4)7-8-11/h5-6,9,11H2,1-4H3. The molecule has 0 rings (SSSR count). The highest BCUT2D eigenvalue weighted by Crippen LogP contribution is 2.46. The zero-order valence-electron chi connectivity index (χ0n) is 9.46. The summed E-state index contributed by atoms with van der Waals surface area (Å²) in [6.07, 6.45) is 1.16. The van der Waals surface area contributed by atoms with Gasteiger partial charge >= 0.3 is 0 Å². The lowest BCUT2D eigenvalue weighted by Crippen LogP contribution is -2.17. The molecule has 0 unspecified atom stereocenters. The van der Waals surface area contributed by atoms with Crippen LogP contribution in [0, 0.1) is 17.4 Å². The fourth-order valence-electron chi connectivity index (χ4n) is 0.917. The number of rotatable bonds is 5. The minimum Gasteiger partial charge on any atom is -0.359 e. The molecule has 0 aromatic carbocycles. The third-order valence-corrected chi connectivity index (χ3v) is 4.56.